The minimum atomic E-state index is -1.20. The van der Waals surface area contributed by atoms with Crippen molar-refractivity contribution in [1.29, 1.82) is 0 Å². The van der Waals surface area contributed by atoms with Crippen molar-refractivity contribution in [1.82, 2.24) is 0 Å². The molecule has 2 fully saturated rings. The molecule has 23 heavy (non-hydrogen) atoms. The smallest absolute Gasteiger partial charge is 0.111 e. The quantitative estimate of drug-likeness (QED) is 0.414. The molecule has 2 aliphatic heterocycles. The van der Waals surface area contributed by atoms with Crippen LogP contribution in [0.3, 0.4) is 0 Å². The zero-order valence-corrected chi connectivity index (χ0v) is 13.4. The number of aliphatic hydroxyl groups excluding tert-OH is 5. The molecule has 2 heterocycles. The van der Waals surface area contributed by atoms with Gasteiger partial charge in [-0.05, 0) is 32.6 Å². The monoisotopic (exact) mass is 332 g/mol. The molecule has 0 aliphatic carbocycles. The van der Waals surface area contributed by atoms with Crippen LogP contribution >= 0.6 is 0 Å². The number of ether oxygens (including phenoxy) is 2. The molecule has 0 radical (unpaired) electrons. The summed E-state index contributed by atoms with van der Waals surface area (Å²) in [6.45, 7) is 1.47. The molecule has 2 aliphatic rings. The summed E-state index contributed by atoms with van der Waals surface area (Å²) < 4.78 is 11.1. The third-order valence-electron chi connectivity index (χ3n) is 4.65. The molecule has 0 saturated carbocycles. The van der Waals surface area contributed by atoms with E-state index in [2.05, 4.69) is 0 Å². The zero-order valence-electron chi connectivity index (χ0n) is 13.4. The Hall–Kier alpha value is -0.540. The van der Waals surface area contributed by atoms with Gasteiger partial charge in [0, 0.05) is 0 Å². The Bertz CT molecular complexity index is 389. The first-order valence-corrected chi connectivity index (χ1v) is 8.23. The second-order valence-corrected chi connectivity index (χ2v) is 6.42. The fraction of sp³-hybridized carbons (Fsp3) is 0.875. The third kappa shape index (κ3) is 4.73. The van der Waals surface area contributed by atoms with Crippen LogP contribution in [-0.4, -0.2) is 81.0 Å². The van der Waals surface area contributed by atoms with E-state index in [-0.39, 0.29) is 12.7 Å². The van der Waals surface area contributed by atoms with Crippen LogP contribution in [0, 0.1) is 0 Å². The molecule has 2 saturated heterocycles. The van der Waals surface area contributed by atoms with Gasteiger partial charge < -0.3 is 35.0 Å². The maximum absolute atomic E-state index is 9.92. The molecule has 7 nitrogen and oxygen atoms in total. The molecule has 134 valence electrons. The van der Waals surface area contributed by atoms with Crippen LogP contribution in [0.2, 0.25) is 0 Å². The van der Waals surface area contributed by atoms with E-state index in [1.807, 2.05) is 12.2 Å². The number of hydrogen-bond donors (Lipinski definition) is 5. The van der Waals surface area contributed by atoms with E-state index in [4.69, 9.17) is 14.6 Å². The summed E-state index contributed by atoms with van der Waals surface area (Å²) in [5.41, 5.74) is 0. The highest BCUT2D eigenvalue weighted by molar-refractivity contribution is 4.96. The molecular weight excluding hydrogens is 304 g/mol. The van der Waals surface area contributed by atoms with Crippen molar-refractivity contribution >= 4 is 0 Å². The van der Waals surface area contributed by atoms with Crippen molar-refractivity contribution in [2.45, 2.75) is 81.4 Å². The summed E-state index contributed by atoms with van der Waals surface area (Å²) in [7, 11) is 0. The summed E-state index contributed by atoms with van der Waals surface area (Å²) in [4.78, 5) is 0. The van der Waals surface area contributed by atoms with Gasteiger partial charge in [0.1, 0.15) is 24.4 Å². The van der Waals surface area contributed by atoms with Gasteiger partial charge in [0.05, 0.1) is 31.0 Å². The van der Waals surface area contributed by atoms with Crippen LogP contribution in [0.15, 0.2) is 12.2 Å². The summed E-state index contributed by atoms with van der Waals surface area (Å²) in [6.07, 6.45) is 0.503. The molecule has 0 spiro atoms. The lowest BCUT2D eigenvalue weighted by Gasteiger charge is -2.39. The third-order valence-corrected chi connectivity index (χ3v) is 4.65. The molecule has 0 unspecified atom stereocenters. The Morgan fingerprint density at radius 1 is 0.870 bits per heavy atom. The highest BCUT2D eigenvalue weighted by Crippen LogP contribution is 2.24. The zero-order chi connectivity index (χ0) is 17.0. The molecule has 0 aromatic heterocycles. The summed E-state index contributed by atoms with van der Waals surface area (Å²) in [6, 6.07) is 0. The second kappa shape index (κ2) is 8.53. The van der Waals surface area contributed by atoms with Crippen molar-refractivity contribution in [2.24, 2.45) is 0 Å². The van der Waals surface area contributed by atoms with E-state index >= 15 is 0 Å². The van der Waals surface area contributed by atoms with E-state index in [1.165, 1.54) is 0 Å². The Labute approximate surface area is 136 Å². The SMILES string of the molecule is C[C@@H]1O[C@@H](C/C=C/C[C@H]2CC[C@H](O)[C@@H](CO)O2)[C@@H](O)[C@H](O)[C@@H]1O. The highest BCUT2D eigenvalue weighted by Gasteiger charge is 2.40. The Balaban J connectivity index is 1.76. The lowest BCUT2D eigenvalue weighted by Crippen LogP contribution is -2.56. The van der Waals surface area contributed by atoms with Crippen LogP contribution in [0.25, 0.3) is 0 Å². The van der Waals surface area contributed by atoms with Crippen molar-refractivity contribution in [2.75, 3.05) is 6.61 Å². The Morgan fingerprint density at radius 3 is 2.26 bits per heavy atom. The first-order chi connectivity index (χ1) is 10.9. The maximum Gasteiger partial charge on any atom is 0.111 e. The van der Waals surface area contributed by atoms with Crippen molar-refractivity contribution < 1.29 is 35.0 Å². The minimum Gasteiger partial charge on any atom is -0.394 e. The van der Waals surface area contributed by atoms with Crippen molar-refractivity contribution in [3.8, 4) is 0 Å². The normalized spacial score (nSPS) is 45.5. The molecule has 8 atom stereocenters. The maximum atomic E-state index is 9.92. The van der Waals surface area contributed by atoms with Crippen LogP contribution in [0.5, 0.6) is 0 Å². The summed E-state index contributed by atoms with van der Waals surface area (Å²) in [5.74, 6) is 0. The van der Waals surface area contributed by atoms with Gasteiger partial charge in [-0.25, -0.2) is 0 Å². The number of rotatable bonds is 5. The molecule has 7 heteroatoms. The molecule has 0 amide bonds. The van der Waals surface area contributed by atoms with Gasteiger partial charge in [0.2, 0.25) is 0 Å². The van der Waals surface area contributed by atoms with Gasteiger partial charge >= 0.3 is 0 Å². The van der Waals surface area contributed by atoms with Crippen LogP contribution in [0.4, 0.5) is 0 Å². The fourth-order valence-corrected chi connectivity index (χ4v) is 3.10. The van der Waals surface area contributed by atoms with Gasteiger partial charge in [0.15, 0.2) is 0 Å². The average Bonchev–Trinajstić information content (AvgIpc) is 2.55. The highest BCUT2D eigenvalue weighted by atomic mass is 16.5. The van der Waals surface area contributed by atoms with Crippen LogP contribution in [-0.2, 0) is 9.47 Å². The van der Waals surface area contributed by atoms with Gasteiger partial charge in [-0.15, -0.1) is 0 Å². The lowest BCUT2D eigenvalue weighted by molar-refractivity contribution is -0.215. The Morgan fingerprint density at radius 2 is 1.57 bits per heavy atom. The standard InChI is InChI=1S/C16H28O7/c1-9-14(19)16(21)15(20)12(22-9)5-3-2-4-10-6-7-11(18)13(8-17)23-10/h2-3,9-21H,4-8H2,1H3/b3-2+/t9-,10-,11-,12-,13+,14+,15+,16+/m0/s1. The van der Waals surface area contributed by atoms with Crippen molar-refractivity contribution in [3.05, 3.63) is 12.2 Å². The molecule has 0 aromatic carbocycles. The van der Waals surface area contributed by atoms with Gasteiger partial charge in [0.25, 0.3) is 0 Å². The molecule has 2 rings (SSSR count). The van der Waals surface area contributed by atoms with E-state index in [0.29, 0.717) is 19.3 Å². The predicted octanol–water partition coefficient (Wildman–Crippen LogP) is -0.906. The number of aliphatic hydroxyl groups is 5. The first-order valence-electron chi connectivity index (χ1n) is 8.23. The molecule has 5 N–H and O–H groups in total. The minimum absolute atomic E-state index is 0.0460. The van der Waals surface area contributed by atoms with Crippen molar-refractivity contribution in [3.63, 3.8) is 0 Å². The molecule has 0 aromatic rings. The predicted molar refractivity (Wildman–Crippen MR) is 81.7 cm³/mol. The first kappa shape index (κ1) is 18.8. The van der Waals surface area contributed by atoms with E-state index in [9.17, 15) is 20.4 Å². The average molecular weight is 332 g/mol. The van der Waals surface area contributed by atoms with E-state index in [1.54, 1.807) is 6.92 Å². The van der Waals surface area contributed by atoms with E-state index in [0.717, 1.165) is 6.42 Å². The van der Waals surface area contributed by atoms with Crippen LogP contribution in [0.1, 0.15) is 32.6 Å². The van der Waals surface area contributed by atoms with E-state index < -0.39 is 42.7 Å². The van der Waals surface area contributed by atoms with Gasteiger partial charge in [-0.1, -0.05) is 12.2 Å². The van der Waals surface area contributed by atoms with Gasteiger partial charge in [-0.2, -0.15) is 0 Å². The largest absolute Gasteiger partial charge is 0.394 e. The topological polar surface area (TPSA) is 120 Å². The van der Waals surface area contributed by atoms with Crippen LogP contribution < -0.4 is 0 Å². The second-order valence-electron chi connectivity index (χ2n) is 6.42. The number of hydrogen-bond acceptors (Lipinski definition) is 7. The summed E-state index contributed by atoms with van der Waals surface area (Å²) in [5, 5.41) is 48.1. The summed E-state index contributed by atoms with van der Waals surface area (Å²) >= 11 is 0. The Kier molecular flexibility index (Phi) is 6.97. The molecular formula is C16H28O7. The fourth-order valence-electron chi connectivity index (χ4n) is 3.10. The lowest BCUT2D eigenvalue weighted by atomic mass is 9.94. The van der Waals surface area contributed by atoms with Gasteiger partial charge in [-0.3, -0.25) is 0 Å². The molecule has 0 bridgehead atoms.